The Hall–Kier alpha value is -4.09. The molecule has 0 bridgehead atoms. The second-order valence-electron chi connectivity index (χ2n) is 9.91. The Bertz CT molecular complexity index is 1750. The molecule has 186 valence electrons. The van der Waals surface area contributed by atoms with Crippen LogP contribution in [0.15, 0.2) is 119 Å². The molecule has 0 atom stereocenters. The normalized spacial score (nSPS) is 16.4. The number of nitrogens with zero attached hydrogens (tertiary/aromatic N) is 2. The number of hydrogen-bond acceptors (Lipinski definition) is 3. The number of oxazole rings is 1. The Morgan fingerprint density at radius 1 is 0.737 bits per heavy atom. The van der Waals surface area contributed by atoms with Crippen molar-refractivity contribution < 1.29 is 30.7 Å². The monoisotopic (exact) mass is 560 g/mol. The topological polar surface area (TPSA) is 29.5 Å². The van der Waals surface area contributed by atoms with Gasteiger partial charge >= 0.3 is 5.89 Å². The van der Waals surface area contributed by atoms with Gasteiger partial charge in [-0.1, -0.05) is 72.8 Å². The molecule has 5 aromatic rings. The van der Waals surface area contributed by atoms with E-state index in [0.29, 0.717) is 0 Å². The fourth-order valence-electron chi connectivity index (χ4n) is 5.87. The molecule has 4 aromatic carbocycles. The maximum atomic E-state index is 6.38. The molecule has 0 aliphatic carbocycles. The van der Waals surface area contributed by atoms with E-state index in [4.69, 9.17) is 9.15 Å². The second-order valence-corrected chi connectivity index (χ2v) is 9.91. The average Bonchev–Trinajstić information content (AvgIpc) is 3.71. The third kappa shape index (κ3) is 3.61. The molecule has 4 nitrogen and oxygen atoms in total. The molecule has 0 saturated carbocycles. The van der Waals surface area contributed by atoms with E-state index in [1.54, 1.807) is 0 Å². The van der Waals surface area contributed by atoms with Crippen molar-refractivity contribution in [2.45, 2.75) is 19.4 Å². The Morgan fingerprint density at radius 3 is 2.21 bits per heavy atom. The van der Waals surface area contributed by atoms with Crippen molar-refractivity contribution in [2.24, 2.45) is 0 Å². The maximum Gasteiger partial charge on any atom is 0.377 e. The van der Waals surface area contributed by atoms with Gasteiger partial charge in [-0.25, -0.2) is 0 Å². The van der Waals surface area contributed by atoms with Gasteiger partial charge in [0.1, 0.15) is 0 Å². The molecule has 0 amide bonds. The van der Waals surface area contributed by atoms with E-state index in [2.05, 4.69) is 113 Å². The molecular weight excluding hydrogens is 536 g/mol. The predicted molar refractivity (Wildman–Crippen MR) is 146 cm³/mol. The third-order valence-corrected chi connectivity index (χ3v) is 7.72. The first-order valence-electron chi connectivity index (χ1n) is 12.9. The van der Waals surface area contributed by atoms with E-state index >= 15 is 0 Å². The number of halogens is 1. The van der Waals surface area contributed by atoms with Crippen molar-refractivity contribution in [1.29, 1.82) is 0 Å². The molecule has 38 heavy (non-hydrogen) atoms. The lowest BCUT2D eigenvalue weighted by atomic mass is 10.0. The van der Waals surface area contributed by atoms with Gasteiger partial charge in [0.15, 0.2) is 12.3 Å². The summed E-state index contributed by atoms with van der Waals surface area (Å²) in [7, 11) is 0. The third-order valence-electron chi connectivity index (χ3n) is 7.72. The van der Waals surface area contributed by atoms with E-state index in [-0.39, 0.29) is 17.0 Å². The van der Waals surface area contributed by atoms with Crippen LogP contribution < -0.4 is 31.2 Å². The van der Waals surface area contributed by atoms with Crippen molar-refractivity contribution in [2.75, 3.05) is 11.4 Å². The van der Waals surface area contributed by atoms with E-state index in [1.807, 2.05) is 0 Å². The van der Waals surface area contributed by atoms with Crippen LogP contribution >= 0.6 is 0 Å². The van der Waals surface area contributed by atoms with Crippen LogP contribution in [0.1, 0.15) is 18.7 Å². The van der Waals surface area contributed by atoms with Crippen LogP contribution in [0.5, 0.6) is 5.75 Å². The molecule has 3 aliphatic rings. The van der Waals surface area contributed by atoms with Crippen LogP contribution in [-0.4, -0.2) is 6.54 Å². The second kappa shape index (κ2) is 9.03. The Kier molecular flexibility index (Phi) is 5.48. The molecule has 0 N–H and O–H groups in total. The van der Waals surface area contributed by atoms with Gasteiger partial charge in [-0.2, -0.15) is 4.57 Å². The zero-order valence-electron chi connectivity index (χ0n) is 20.7. The van der Waals surface area contributed by atoms with Gasteiger partial charge in [0.2, 0.25) is 11.5 Å². The summed E-state index contributed by atoms with van der Waals surface area (Å²) < 4.78 is 15.1. The van der Waals surface area contributed by atoms with Gasteiger partial charge < -0.3 is 31.0 Å². The van der Waals surface area contributed by atoms with E-state index < -0.39 is 0 Å². The summed E-state index contributed by atoms with van der Waals surface area (Å²) >= 11 is 0. The number of hydrogen-bond donors (Lipinski definition) is 0. The summed E-state index contributed by atoms with van der Waals surface area (Å²) in [5.41, 5.74) is 10.6. The molecule has 8 rings (SSSR count). The zero-order chi connectivity index (χ0) is 24.3. The van der Waals surface area contributed by atoms with Crippen LogP contribution in [-0.2, 0) is 6.54 Å². The van der Waals surface area contributed by atoms with Gasteiger partial charge in [0.05, 0.1) is 11.3 Å². The van der Waals surface area contributed by atoms with Gasteiger partial charge in [0, 0.05) is 24.6 Å². The minimum atomic E-state index is 0. The lowest BCUT2D eigenvalue weighted by Gasteiger charge is -2.12. The first kappa shape index (κ1) is 23.1. The van der Waals surface area contributed by atoms with Crippen LogP contribution in [0.25, 0.3) is 38.9 Å². The summed E-state index contributed by atoms with van der Waals surface area (Å²) in [6.45, 7) is 1.86. The van der Waals surface area contributed by atoms with Crippen LogP contribution in [0, 0.1) is 0 Å². The molecule has 0 radical (unpaired) electrons. The first-order chi connectivity index (χ1) is 18.3. The molecule has 0 spiro atoms. The lowest BCUT2D eigenvalue weighted by molar-refractivity contribution is -0.668. The highest BCUT2D eigenvalue weighted by molar-refractivity contribution is 5.81. The van der Waals surface area contributed by atoms with Crippen LogP contribution in [0.2, 0.25) is 0 Å². The van der Waals surface area contributed by atoms with Crippen LogP contribution in [0.4, 0.5) is 5.69 Å². The summed E-state index contributed by atoms with van der Waals surface area (Å²) in [4.78, 5) is 2.32. The highest BCUT2D eigenvalue weighted by Crippen LogP contribution is 2.46. The number of fused-ring (bicyclic) bond motifs is 6. The summed E-state index contributed by atoms with van der Waals surface area (Å²) in [6, 6.07) is 34.0. The largest absolute Gasteiger partial charge is 1.00 e. The summed E-state index contributed by atoms with van der Waals surface area (Å²) in [6.07, 6.45) is 4.23. The first-order valence-corrected chi connectivity index (χ1v) is 12.9. The fourth-order valence-corrected chi connectivity index (χ4v) is 5.87. The van der Waals surface area contributed by atoms with Gasteiger partial charge in [-0.3, -0.25) is 0 Å². The molecule has 1 aromatic heterocycles. The van der Waals surface area contributed by atoms with Crippen molar-refractivity contribution in [1.82, 2.24) is 0 Å². The standard InChI is InChI=1S/C33H25N2O2.BrH/c1-3-7-22(8-4-1)24-11-13-30-28(20-24)34-17-15-26(32(34)36-30)19-27-16-18-35-29-21-25(23-9-5-2-6-10-23)12-14-31(29)37-33(27)35;/h1-14,19-21H,15-18H2;1H/q+1;/p-1. The molecular formula is C33H25BrN2O2. The molecule has 0 unspecified atom stereocenters. The Morgan fingerprint density at radius 2 is 1.45 bits per heavy atom. The van der Waals surface area contributed by atoms with E-state index in [9.17, 15) is 0 Å². The number of allylic oxidation sites excluding steroid dienone is 2. The Balaban J connectivity index is 0.00000242. The van der Waals surface area contributed by atoms with Crippen LogP contribution in [0.3, 0.4) is 0 Å². The fraction of sp³-hybridized carbons (Fsp3) is 0.121. The molecule has 3 aliphatic heterocycles. The van der Waals surface area contributed by atoms with E-state index in [1.165, 1.54) is 33.4 Å². The number of benzene rings is 4. The maximum absolute atomic E-state index is 6.38. The SMILES string of the molecule is C(=C1CC[n+]2c1oc1ccc(-c3ccccc3)cc12)C1=C2Oc3ccc(-c4ccccc4)cc3N2CC1.[Br-]. The van der Waals surface area contributed by atoms with Gasteiger partial charge in [-0.15, -0.1) is 0 Å². The van der Waals surface area contributed by atoms with Gasteiger partial charge in [0.25, 0.3) is 5.52 Å². The lowest BCUT2D eigenvalue weighted by Crippen LogP contribution is -3.00. The average molecular weight is 561 g/mol. The number of rotatable bonds is 3. The number of aromatic nitrogens is 1. The highest BCUT2D eigenvalue weighted by Gasteiger charge is 2.37. The molecule has 0 fully saturated rings. The quantitative estimate of drug-likeness (QED) is 0.307. The molecule has 5 heteroatoms. The summed E-state index contributed by atoms with van der Waals surface area (Å²) in [5, 5.41) is 0. The highest BCUT2D eigenvalue weighted by atomic mass is 79.9. The van der Waals surface area contributed by atoms with Crippen molar-refractivity contribution in [3.05, 3.63) is 120 Å². The molecule has 4 heterocycles. The zero-order valence-corrected chi connectivity index (χ0v) is 22.3. The van der Waals surface area contributed by atoms with E-state index in [0.717, 1.165) is 60.2 Å². The number of ether oxygens (including phenoxy) is 1. The minimum Gasteiger partial charge on any atom is -1.00 e. The number of anilines is 1. The van der Waals surface area contributed by atoms with Crippen molar-refractivity contribution >= 4 is 22.4 Å². The van der Waals surface area contributed by atoms with Crippen molar-refractivity contribution in [3.8, 4) is 28.0 Å². The van der Waals surface area contributed by atoms with Crippen molar-refractivity contribution in [3.63, 3.8) is 0 Å². The number of aryl methyl sites for hydroxylation is 1. The Labute approximate surface area is 231 Å². The van der Waals surface area contributed by atoms with Gasteiger partial charge in [-0.05, 0) is 52.9 Å². The molecule has 0 saturated heterocycles. The smallest absolute Gasteiger partial charge is 0.377 e. The summed E-state index contributed by atoms with van der Waals surface area (Å²) in [5.74, 6) is 2.87. The minimum absolute atomic E-state index is 0. The predicted octanol–water partition coefficient (Wildman–Crippen LogP) is 4.36.